The Morgan fingerprint density at radius 2 is 2.14 bits per heavy atom. The first-order valence-electron chi connectivity index (χ1n) is 6.88. The van der Waals surface area contributed by atoms with E-state index in [9.17, 15) is 14.3 Å². The van der Waals surface area contributed by atoms with Gasteiger partial charge in [0.05, 0.1) is 12.1 Å². The Bertz CT molecular complexity index is 692. The third kappa shape index (κ3) is 2.75. The minimum Gasteiger partial charge on any atom is -0.391 e. The summed E-state index contributed by atoms with van der Waals surface area (Å²) < 4.78 is 13.4. The summed E-state index contributed by atoms with van der Waals surface area (Å²) in [5.41, 5.74) is 5.97. The molecule has 6 nitrogen and oxygen atoms in total. The number of nitrogens with zero attached hydrogens (tertiary/aromatic N) is 3. The maximum atomic E-state index is 13.4. The molecular formula is C15H15FN4O2. The lowest BCUT2D eigenvalue weighted by atomic mass is 10.0. The second-order valence-corrected chi connectivity index (χ2v) is 5.25. The second kappa shape index (κ2) is 5.69. The topological polar surface area (TPSA) is 92.3 Å². The average molecular weight is 302 g/mol. The first-order chi connectivity index (χ1) is 10.5. The zero-order valence-electron chi connectivity index (χ0n) is 11.7. The highest BCUT2D eigenvalue weighted by atomic mass is 19.1. The quantitative estimate of drug-likeness (QED) is 0.883. The molecule has 0 bridgehead atoms. The summed E-state index contributed by atoms with van der Waals surface area (Å²) in [6.45, 7) is 0.367. The predicted molar refractivity (Wildman–Crippen MR) is 77.7 cm³/mol. The molecule has 1 fully saturated rings. The van der Waals surface area contributed by atoms with Gasteiger partial charge in [0.1, 0.15) is 5.82 Å². The van der Waals surface area contributed by atoms with E-state index in [4.69, 9.17) is 5.73 Å². The normalized spacial score (nSPS) is 21.1. The van der Waals surface area contributed by atoms with Crippen LogP contribution >= 0.6 is 0 Å². The lowest BCUT2D eigenvalue weighted by molar-refractivity contribution is 0.0994. The molecule has 0 radical (unpaired) electrons. The molecule has 1 aromatic carbocycles. The number of hydrogen-bond donors (Lipinski definition) is 2. The van der Waals surface area contributed by atoms with Crippen LogP contribution in [0.2, 0.25) is 0 Å². The van der Waals surface area contributed by atoms with Crippen LogP contribution in [0.15, 0.2) is 36.4 Å². The molecule has 3 rings (SSSR count). The number of primary amides is 1. The maximum absolute atomic E-state index is 13.4. The van der Waals surface area contributed by atoms with Gasteiger partial charge in [0.25, 0.3) is 5.91 Å². The molecule has 3 N–H and O–H groups in total. The summed E-state index contributed by atoms with van der Waals surface area (Å²) in [6, 6.07) is 9.18. The van der Waals surface area contributed by atoms with E-state index < -0.39 is 12.0 Å². The SMILES string of the molecule is NC(=O)c1ccc(N2C[C@H](O)C[C@H]2c2cccc(F)c2)nn1. The van der Waals surface area contributed by atoms with E-state index in [2.05, 4.69) is 10.2 Å². The Kier molecular flexibility index (Phi) is 3.72. The van der Waals surface area contributed by atoms with Crippen molar-refractivity contribution in [3.8, 4) is 0 Å². The second-order valence-electron chi connectivity index (χ2n) is 5.25. The first-order valence-corrected chi connectivity index (χ1v) is 6.88. The Morgan fingerprint density at radius 3 is 2.77 bits per heavy atom. The van der Waals surface area contributed by atoms with Crippen LogP contribution in [-0.2, 0) is 0 Å². The summed E-state index contributed by atoms with van der Waals surface area (Å²) in [5, 5.41) is 17.7. The molecule has 1 amide bonds. The number of anilines is 1. The molecule has 114 valence electrons. The zero-order chi connectivity index (χ0) is 15.7. The summed E-state index contributed by atoms with van der Waals surface area (Å²) in [4.78, 5) is 12.9. The molecule has 1 saturated heterocycles. The van der Waals surface area contributed by atoms with Crippen LogP contribution in [-0.4, -0.2) is 33.9 Å². The fourth-order valence-corrected chi connectivity index (χ4v) is 2.71. The van der Waals surface area contributed by atoms with Crippen molar-refractivity contribution in [3.05, 3.63) is 53.5 Å². The van der Waals surface area contributed by atoms with E-state index in [1.54, 1.807) is 12.1 Å². The summed E-state index contributed by atoms with van der Waals surface area (Å²) >= 11 is 0. The van der Waals surface area contributed by atoms with Crippen LogP contribution in [0.25, 0.3) is 0 Å². The summed E-state index contributed by atoms with van der Waals surface area (Å²) in [7, 11) is 0. The molecule has 2 aromatic rings. The van der Waals surface area contributed by atoms with Gasteiger partial charge in [-0.3, -0.25) is 4.79 Å². The summed E-state index contributed by atoms with van der Waals surface area (Å²) in [6.07, 6.45) is -0.0613. The maximum Gasteiger partial charge on any atom is 0.269 e. The van der Waals surface area contributed by atoms with E-state index in [1.807, 2.05) is 11.0 Å². The van der Waals surface area contributed by atoms with Crippen LogP contribution in [0.5, 0.6) is 0 Å². The number of carbonyl (C=O) groups excluding carboxylic acids is 1. The lowest BCUT2D eigenvalue weighted by Gasteiger charge is -2.25. The van der Waals surface area contributed by atoms with Gasteiger partial charge in [0.15, 0.2) is 11.5 Å². The fraction of sp³-hybridized carbons (Fsp3) is 0.267. The molecule has 1 aromatic heterocycles. The number of halogens is 1. The third-order valence-electron chi connectivity index (χ3n) is 3.71. The van der Waals surface area contributed by atoms with Crippen LogP contribution < -0.4 is 10.6 Å². The molecule has 0 saturated carbocycles. The van der Waals surface area contributed by atoms with Gasteiger partial charge in [-0.15, -0.1) is 10.2 Å². The number of β-amino-alcohol motifs (C(OH)–C–C–N with tert-alkyl or cyclic N) is 1. The van der Waals surface area contributed by atoms with Crippen LogP contribution in [0.4, 0.5) is 10.2 Å². The number of amides is 1. The number of aromatic nitrogens is 2. The van der Waals surface area contributed by atoms with Gasteiger partial charge in [0.2, 0.25) is 0 Å². The average Bonchev–Trinajstić information content (AvgIpc) is 2.89. The van der Waals surface area contributed by atoms with Crippen molar-refractivity contribution in [1.82, 2.24) is 10.2 Å². The zero-order valence-corrected chi connectivity index (χ0v) is 11.7. The van der Waals surface area contributed by atoms with Gasteiger partial charge in [0, 0.05) is 6.54 Å². The molecule has 0 spiro atoms. The standard InChI is InChI=1S/C15H15FN4O2/c16-10-3-1-2-9(6-10)13-7-11(21)8-20(13)14-5-4-12(15(17)22)18-19-14/h1-6,11,13,21H,7-8H2,(H2,17,22)/t11-,13+/m1/s1. The van der Waals surface area contributed by atoms with Crippen molar-refractivity contribution in [2.45, 2.75) is 18.6 Å². The third-order valence-corrected chi connectivity index (χ3v) is 3.71. The highest BCUT2D eigenvalue weighted by molar-refractivity contribution is 5.90. The van der Waals surface area contributed by atoms with Gasteiger partial charge in [-0.05, 0) is 36.2 Å². The number of benzene rings is 1. The Labute approximate surface area is 126 Å². The summed E-state index contributed by atoms with van der Waals surface area (Å²) in [5.74, 6) is -0.466. The van der Waals surface area contributed by atoms with Gasteiger partial charge >= 0.3 is 0 Å². The predicted octanol–water partition coefficient (Wildman–Crippen LogP) is 1.03. The first kappa shape index (κ1) is 14.4. The fourth-order valence-electron chi connectivity index (χ4n) is 2.71. The Hall–Kier alpha value is -2.54. The lowest BCUT2D eigenvalue weighted by Crippen LogP contribution is -2.26. The van der Waals surface area contributed by atoms with E-state index in [-0.39, 0.29) is 17.6 Å². The Morgan fingerprint density at radius 1 is 1.32 bits per heavy atom. The minimum atomic E-state index is -0.651. The number of carbonyl (C=O) groups is 1. The van der Waals surface area contributed by atoms with Crippen LogP contribution in [0, 0.1) is 5.82 Å². The van der Waals surface area contributed by atoms with Crippen molar-refractivity contribution < 1.29 is 14.3 Å². The number of hydrogen-bond acceptors (Lipinski definition) is 5. The molecule has 1 aliphatic rings. The highest BCUT2D eigenvalue weighted by Gasteiger charge is 2.33. The Balaban J connectivity index is 1.92. The number of nitrogens with two attached hydrogens (primary N) is 1. The van der Waals surface area contributed by atoms with E-state index in [0.29, 0.717) is 18.8 Å². The molecule has 0 unspecified atom stereocenters. The van der Waals surface area contributed by atoms with E-state index >= 15 is 0 Å². The number of aliphatic hydroxyl groups is 1. The van der Waals surface area contributed by atoms with Gasteiger partial charge < -0.3 is 15.7 Å². The van der Waals surface area contributed by atoms with Crippen molar-refractivity contribution >= 4 is 11.7 Å². The number of rotatable bonds is 3. The van der Waals surface area contributed by atoms with Crippen molar-refractivity contribution in [2.75, 3.05) is 11.4 Å². The number of aliphatic hydroxyl groups excluding tert-OH is 1. The molecule has 22 heavy (non-hydrogen) atoms. The molecule has 7 heteroatoms. The van der Waals surface area contributed by atoms with Crippen molar-refractivity contribution in [3.63, 3.8) is 0 Å². The largest absolute Gasteiger partial charge is 0.391 e. The van der Waals surface area contributed by atoms with Crippen LogP contribution in [0.1, 0.15) is 28.5 Å². The molecule has 0 aliphatic carbocycles. The van der Waals surface area contributed by atoms with E-state index in [0.717, 1.165) is 5.56 Å². The van der Waals surface area contributed by atoms with Gasteiger partial charge in [-0.25, -0.2) is 4.39 Å². The molecule has 2 atom stereocenters. The molecular weight excluding hydrogens is 287 g/mol. The van der Waals surface area contributed by atoms with Crippen LogP contribution in [0.3, 0.4) is 0 Å². The van der Waals surface area contributed by atoms with Gasteiger partial charge in [-0.2, -0.15) is 0 Å². The van der Waals surface area contributed by atoms with Crippen molar-refractivity contribution in [1.29, 1.82) is 0 Å². The molecule has 1 aliphatic heterocycles. The van der Waals surface area contributed by atoms with Gasteiger partial charge in [-0.1, -0.05) is 12.1 Å². The smallest absolute Gasteiger partial charge is 0.269 e. The highest BCUT2D eigenvalue weighted by Crippen LogP contribution is 2.35. The monoisotopic (exact) mass is 302 g/mol. The minimum absolute atomic E-state index is 0.0748. The molecule has 2 heterocycles. The van der Waals surface area contributed by atoms with E-state index in [1.165, 1.54) is 18.2 Å². The van der Waals surface area contributed by atoms with Crippen molar-refractivity contribution in [2.24, 2.45) is 5.73 Å².